The molecule has 0 amide bonds. The smallest absolute Gasteiger partial charge is 0.191 e. The van der Waals surface area contributed by atoms with Crippen LogP contribution in [0.2, 0.25) is 0 Å². The SMILES string of the molecule is CN=C(NCC(c1ccc(C)s1)N1CCOCC1)NC1CC1c1ccccc1F.I. The summed E-state index contributed by atoms with van der Waals surface area (Å²) in [6.45, 7) is 6.35. The van der Waals surface area contributed by atoms with E-state index in [2.05, 4.69) is 39.6 Å². The first-order valence-electron chi connectivity index (χ1n) is 10.3. The number of morpholine rings is 1. The molecule has 2 heterocycles. The van der Waals surface area contributed by atoms with Crippen LogP contribution in [0.25, 0.3) is 0 Å². The predicted molar refractivity (Wildman–Crippen MR) is 132 cm³/mol. The Hall–Kier alpha value is -1.23. The number of ether oxygens (including phenoxy) is 1. The molecule has 0 bridgehead atoms. The van der Waals surface area contributed by atoms with E-state index in [1.54, 1.807) is 13.1 Å². The number of thiophene rings is 1. The molecule has 1 aromatic heterocycles. The molecule has 2 aromatic rings. The number of hydrogen-bond donors (Lipinski definition) is 2. The fraction of sp³-hybridized carbons (Fsp3) is 0.500. The van der Waals surface area contributed by atoms with Crippen molar-refractivity contribution in [2.24, 2.45) is 4.99 Å². The maximum Gasteiger partial charge on any atom is 0.191 e. The van der Waals surface area contributed by atoms with Gasteiger partial charge in [-0.2, -0.15) is 0 Å². The van der Waals surface area contributed by atoms with E-state index in [9.17, 15) is 4.39 Å². The van der Waals surface area contributed by atoms with Crippen LogP contribution in [0.15, 0.2) is 41.4 Å². The molecule has 164 valence electrons. The fourth-order valence-corrected chi connectivity index (χ4v) is 4.98. The molecule has 2 aliphatic rings. The Kier molecular flexibility index (Phi) is 8.50. The first kappa shape index (κ1) is 23.4. The molecule has 8 heteroatoms. The van der Waals surface area contributed by atoms with Crippen LogP contribution in [0.5, 0.6) is 0 Å². The van der Waals surface area contributed by atoms with Gasteiger partial charge >= 0.3 is 0 Å². The van der Waals surface area contributed by atoms with E-state index >= 15 is 0 Å². The van der Waals surface area contributed by atoms with Gasteiger partial charge < -0.3 is 15.4 Å². The quantitative estimate of drug-likeness (QED) is 0.329. The number of hydrogen-bond acceptors (Lipinski definition) is 4. The zero-order valence-corrected chi connectivity index (χ0v) is 20.6. The molecule has 1 aliphatic carbocycles. The van der Waals surface area contributed by atoms with E-state index in [1.165, 1.54) is 15.8 Å². The zero-order valence-electron chi connectivity index (χ0n) is 17.4. The van der Waals surface area contributed by atoms with Crippen molar-refractivity contribution in [2.45, 2.75) is 31.3 Å². The monoisotopic (exact) mass is 544 g/mol. The summed E-state index contributed by atoms with van der Waals surface area (Å²) >= 11 is 1.85. The largest absolute Gasteiger partial charge is 0.379 e. The van der Waals surface area contributed by atoms with Crippen LogP contribution in [0.1, 0.15) is 33.7 Å². The van der Waals surface area contributed by atoms with Gasteiger partial charge in [0.25, 0.3) is 0 Å². The highest BCUT2D eigenvalue weighted by molar-refractivity contribution is 14.0. The summed E-state index contributed by atoms with van der Waals surface area (Å²) in [7, 11) is 1.79. The van der Waals surface area contributed by atoms with Crippen LogP contribution >= 0.6 is 35.3 Å². The molecule has 1 saturated carbocycles. The number of rotatable bonds is 6. The van der Waals surface area contributed by atoms with E-state index in [1.807, 2.05) is 23.5 Å². The summed E-state index contributed by atoms with van der Waals surface area (Å²) in [6.07, 6.45) is 0.929. The lowest BCUT2D eigenvalue weighted by atomic mass is 10.1. The van der Waals surface area contributed by atoms with E-state index in [-0.39, 0.29) is 47.8 Å². The molecule has 0 spiro atoms. The highest BCUT2D eigenvalue weighted by Crippen LogP contribution is 2.41. The normalized spacial score (nSPS) is 22.8. The van der Waals surface area contributed by atoms with E-state index < -0.39 is 0 Å². The Bertz CT molecular complexity index is 855. The number of guanidine groups is 1. The van der Waals surface area contributed by atoms with Crippen molar-refractivity contribution in [3.05, 3.63) is 57.5 Å². The molecule has 3 unspecified atom stereocenters. The summed E-state index contributed by atoms with van der Waals surface area (Å²) < 4.78 is 19.6. The van der Waals surface area contributed by atoms with Gasteiger partial charge in [0.2, 0.25) is 0 Å². The lowest BCUT2D eigenvalue weighted by molar-refractivity contribution is 0.0177. The molecule has 30 heavy (non-hydrogen) atoms. The Morgan fingerprint density at radius 1 is 1.27 bits per heavy atom. The van der Waals surface area contributed by atoms with Crippen LogP contribution in [0.3, 0.4) is 0 Å². The summed E-state index contributed by atoms with van der Waals surface area (Å²) in [4.78, 5) is 9.57. The lowest BCUT2D eigenvalue weighted by Crippen LogP contribution is -2.46. The van der Waals surface area contributed by atoms with Gasteiger partial charge in [0.15, 0.2) is 5.96 Å². The molecular formula is C22H30FIN4OS. The first-order chi connectivity index (χ1) is 14.2. The minimum atomic E-state index is -0.120. The third-order valence-corrected chi connectivity index (χ3v) is 6.78. The Labute approximate surface area is 199 Å². The molecular weight excluding hydrogens is 514 g/mol. The van der Waals surface area contributed by atoms with Gasteiger partial charge in [0, 0.05) is 48.4 Å². The van der Waals surface area contributed by atoms with Gasteiger partial charge in [-0.1, -0.05) is 18.2 Å². The minimum absolute atomic E-state index is 0. The Morgan fingerprint density at radius 3 is 2.70 bits per heavy atom. The van der Waals surface area contributed by atoms with Crippen molar-refractivity contribution in [3.8, 4) is 0 Å². The van der Waals surface area contributed by atoms with Crippen molar-refractivity contribution in [2.75, 3.05) is 39.9 Å². The summed E-state index contributed by atoms with van der Waals surface area (Å²) in [5.41, 5.74) is 0.792. The third-order valence-electron chi connectivity index (χ3n) is 5.68. The molecule has 5 nitrogen and oxygen atoms in total. The Morgan fingerprint density at radius 2 is 2.03 bits per heavy atom. The number of nitrogens with one attached hydrogen (secondary N) is 2. The van der Waals surface area contributed by atoms with Crippen molar-refractivity contribution < 1.29 is 9.13 Å². The lowest BCUT2D eigenvalue weighted by Gasteiger charge is -2.34. The topological polar surface area (TPSA) is 48.9 Å². The van der Waals surface area contributed by atoms with Gasteiger partial charge in [-0.3, -0.25) is 9.89 Å². The molecule has 2 N–H and O–H groups in total. The van der Waals surface area contributed by atoms with Crippen LogP contribution in [0.4, 0.5) is 4.39 Å². The highest BCUT2D eigenvalue weighted by atomic mass is 127. The van der Waals surface area contributed by atoms with Gasteiger partial charge in [0.05, 0.1) is 19.3 Å². The highest BCUT2D eigenvalue weighted by Gasteiger charge is 2.40. The third kappa shape index (κ3) is 5.72. The minimum Gasteiger partial charge on any atom is -0.379 e. The van der Waals surface area contributed by atoms with Crippen LogP contribution in [-0.4, -0.2) is 56.8 Å². The number of nitrogens with zero attached hydrogens (tertiary/aromatic N) is 2. The zero-order chi connectivity index (χ0) is 20.2. The van der Waals surface area contributed by atoms with Gasteiger partial charge in [-0.25, -0.2) is 4.39 Å². The maximum atomic E-state index is 14.0. The number of halogens is 2. The second-order valence-corrected chi connectivity index (χ2v) is 9.00. The van der Waals surface area contributed by atoms with E-state index in [4.69, 9.17) is 4.74 Å². The van der Waals surface area contributed by atoms with Crippen molar-refractivity contribution in [1.82, 2.24) is 15.5 Å². The number of aryl methyl sites for hydroxylation is 1. The molecule has 3 atom stereocenters. The summed E-state index contributed by atoms with van der Waals surface area (Å²) in [5, 5.41) is 6.97. The fourth-order valence-electron chi connectivity index (χ4n) is 3.97. The average molecular weight is 544 g/mol. The van der Waals surface area contributed by atoms with E-state index in [0.29, 0.717) is 0 Å². The van der Waals surface area contributed by atoms with E-state index in [0.717, 1.165) is 50.8 Å². The Balaban J connectivity index is 0.00000256. The molecule has 1 aliphatic heterocycles. The average Bonchev–Trinajstić information content (AvgIpc) is 3.37. The van der Waals surface area contributed by atoms with Crippen molar-refractivity contribution >= 4 is 41.3 Å². The van der Waals surface area contributed by atoms with Gasteiger partial charge in [-0.15, -0.1) is 35.3 Å². The van der Waals surface area contributed by atoms with Crippen molar-refractivity contribution in [1.29, 1.82) is 0 Å². The standard InChI is InChI=1S/C22H29FN4OS.HI/c1-15-7-8-21(29-15)20(27-9-11-28-12-10-27)14-25-22(24-2)26-19-13-17(19)16-5-3-4-6-18(16)23;/h3-8,17,19-20H,9-14H2,1-2H3,(H2,24,25,26);1H. The van der Waals surface area contributed by atoms with Crippen LogP contribution in [-0.2, 0) is 4.74 Å². The molecule has 1 aromatic carbocycles. The molecule has 0 radical (unpaired) electrons. The number of aliphatic imine (C=N–C) groups is 1. The molecule has 4 rings (SSSR count). The predicted octanol–water partition coefficient (Wildman–Crippen LogP) is 3.91. The summed E-state index contributed by atoms with van der Waals surface area (Å²) in [6, 6.07) is 12.0. The van der Waals surface area contributed by atoms with Gasteiger partial charge in [-0.05, 0) is 37.1 Å². The summed E-state index contributed by atoms with van der Waals surface area (Å²) in [5.74, 6) is 0.871. The number of benzene rings is 1. The first-order valence-corrected chi connectivity index (χ1v) is 11.1. The molecule has 1 saturated heterocycles. The van der Waals surface area contributed by atoms with Gasteiger partial charge in [0.1, 0.15) is 5.82 Å². The van der Waals surface area contributed by atoms with Crippen LogP contribution in [0, 0.1) is 12.7 Å². The molecule has 2 fully saturated rings. The van der Waals surface area contributed by atoms with Crippen LogP contribution < -0.4 is 10.6 Å². The maximum absolute atomic E-state index is 14.0. The second kappa shape index (κ2) is 10.9. The van der Waals surface area contributed by atoms with Crippen molar-refractivity contribution in [3.63, 3.8) is 0 Å². The second-order valence-electron chi connectivity index (χ2n) is 7.68.